The van der Waals surface area contributed by atoms with Crippen LogP contribution >= 0.6 is 0 Å². The first kappa shape index (κ1) is 17.8. The van der Waals surface area contributed by atoms with Gasteiger partial charge in [0.15, 0.2) is 5.78 Å². The average molecular weight is 309 g/mol. The van der Waals surface area contributed by atoms with Crippen molar-refractivity contribution in [3.05, 3.63) is 35.1 Å². The standard InChI is InChI=1S/C16H20FNO4/c1-11(19)18-9-3-4-15(20)14-7-6-13(17)10-12(14)5-8-16(21)22-2/h6-7,10H,3-5,8-9H2,1-2H3,(H,18,19). The summed E-state index contributed by atoms with van der Waals surface area (Å²) in [6.07, 6.45) is 1.09. The van der Waals surface area contributed by atoms with E-state index < -0.39 is 11.8 Å². The van der Waals surface area contributed by atoms with Gasteiger partial charge in [-0.1, -0.05) is 0 Å². The van der Waals surface area contributed by atoms with E-state index in [-0.39, 0.29) is 31.0 Å². The molecule has 0 aliphatic rings. The lowest BCUT2D eigenvalue weighted by Gasteiger charge is -2.09. The number of methoxy groups -OCH3 is 1. The zero-order valence-corrected chi connectivity index (χ0v) is 12.8. The molecule has 0 heterocycles. The highest BCUT2D eigenvalue weighted by atomic mass is 19.1. The maximum Gasteiger partial charge on any atom is 0.305 e. The van der Waals surface area contributed by atoms with E-state index >= 15 is 0 Å². The van der Waals surface area contributed by atoms with Crippen molar-refractivity contribution in [1.82, 2.24) is 5.32 Å². The van der Waals surface area contributed by atoms with Gasteiger partial charge in [0.2, 0.25) is 5.91 Å². The van der Waals surface area contributed by atoms with Crippen LogP contribution in [0.25, 0.3) is 0 Å². The predicted octanol–water partition coefficient (Wildman–Crippen LogP) is 2.03. The van der Waals surface area contributed by atoms with E-state index in [1.54, 1.807) is 0 Å². The Morgan fingerprint density at radius 1 is 1.23 bits per heavy atom. The van der Waals surface area contributed by atoms with Crippen LogP contribution in [0.15, 0.2) is 18.2 Å². The number of carbonyl (C=O) groups is 3. The Bertz CT molecular complexity index is 557. The number of esters is 1. The second-order valence-electron chi connectivity index (χ2n) is 4.89. The largest absolute Gasteiger partial charge is 0.469 e. The monoisotopic (exact) mass is 309 g/mol. The molecule has 0 spiro atoms. The quantitative estimate of drug-likeness (QED) is 0.453. The van der Waals surface area contributed by atoms with Gasteiger partial charge in [-0.2, -0.15) is 0 Å². The molecule has 1 amide bonds. The number of benzene rings is 1. The summed E-state index contributed by atoms with van der Waals surface area (Å²) in [5.74, 6) is -1.14. The Balaban J connectivity index is 2.69. The van der Waals surface area contributed by atoms with Gasteiger partial charge < -0.3 is 10.1 Å². The van der Waals surface area contributed by atoms with E-state index in [0.717, 1.165) is 0 Å². The van der Waals surface area contributed by atoms with Crippen LogP contribution < -0.4 is 5.32 Å². The number of ketones is 1. The number of halogens is 1. The first-order valence-electron chi connectivity index (χ1n) is 7.07. The van der Waals surface area contributed by atoms with Gasteiger partial charge in [-0.15, -0.1) is 0 Å². The van der Waals surface area contributed by atoms with E-state index in [1.807, 2.05) is 0 Å². The molecule has 0 bridgehead atoms. The number of nitrogens with one attached hydrogen (secondary N) is 1. The van der Waals surface area contributed by atoms with E-state index in [9.17, 15) is 18.8 Å². The topological polar surface area (TPSA) is 72.5 Å². The second kappa shape index (κ2) is 8.92. The summed E-state index contributed by atoms with van der Waals surface area (Å²) in [6.45, 7) is 1.83. The number of ether oxygens (including phenoxy) is 1. The maximum atomic E-state index is 13.3. The van der Waals surface area contributed by atoms with E-state index in [4.69, 9.17) is 0 Å². The Kier molecular flexibility index (Phi) is 7.22. The molecule has 1 N–H and O–H groups in total. The molecule has 0 saturated carbocycles. The number of hydrogen-bond donors (Lipinski definition) is 1. The molecule has 1 aromatic carbocycles. The molecule has 0 atom stereocenters. The van der Waals surface area contributed by atoms with Crippen molar-refractivity contribution in [1.29, 1.82) is 0 Å². The summed E-state index contributed by atoms with van der Waals surface area (Å²) < 4.78 is 17.9. The molecule has 120 valence electrons. The highest BCUT2D eigenvalue weighted by Gasteiger charge is 2.13. The normalized spacial score (nSPS) is 10.1. The molecular formula is C16H20FNO4. The van der Waals surface area contributed by atoms with Crippen molar-refractivity contribution in [3.63, 3.8) is 0 Å². The zero-order chi connectivity index (χ0) is 16.5. The first-order chi connectivity index (χ1) is 10.4. The lowest BCUT2D eigenvalue weighted by atomic mass is 9.97. The van der Waals surface area contributed by atoms with Crippen LogP contribution in [0.3, 0.4) is 0 Å². The third kappa shape index (κ3) is 6.03. The Morgan fingerprint density at radius 2 is 1.95 bits per heavy atom. The molecule has 0 aliphatic carbocycles. The van der Waals surface area contributed by atoms with Crippen LogP contribution in [-0.4, -0.2) is 31.3 Å². The van der Waals surface area contributed by atoms with Crippen molar-refractivity contribution in [2.24, 2.45) is 0 Å². The molecule has 5 nitrogen and oxygen atoms in total. The fraction of sp³-hybridized carbons (Fsp3) is 0.438. The molecule has 1 rings (SSSR count). The lowest BCUT2D eigenvalue weighted by Crippen LogP contribution is -2.21. The summed E-state index contributed by atoms with van der Waals surface area (Å²) >= 11 is 0. The molecule has 0 radical (unpaired) electrons. The van der Waals surface area contributed by atoms with Crippen LogP contribution in [0.4, 0.5) is 4.39 Å². The number of Topliss-reactive ketones (excluding diaryl/α,β-unsaturated/α-hetero) is 1. The van der Waals surface area contributed by atoms with Crippen LogP contribution in [0.5, 0.6) is 0 Å². The molecule has 0 unspecified atom stereocenters. The van der Waals surface area contributed by atoms with Crippen molar-refractivity contribution < 1.29 is 23.5 Å². The number of aryl methyl sites for hydroxylation is 1. The van der Waals surface area contributed by atoms with Crippen LogP contribution in [0.1, 0.15) is 42.1 Å². The maximum absolute atomic E-state index is 13.3. The van der Waals surface area contributed by atoms with Gasteiger partial charge in [-0.25, -0.2) is 4.39 Å². The SMILES string of the molecule is COC(=O)CCc1cc(F)ccc1C(=O)CCCNC(C)=O. The second-order valence-corrected chi connectivity index (χ2v) is 4.89. The van der Waals surface area contributed by atoms with E-state index in [2.05, 4.69) is 10.1 Å². The molecule has 22 heavy (non-hydrogen) atoms. The third-order valence-corrected chi connectivity index (χ3v) is 3.15. The molecule has 0 aliphatic heterocycles. The fourth-order valence-electron chi connectivity index (χ4n) is 2.03. The highest BCUT2D eigenvalue weighted by Crippen LogP contribution is 2.16. The number of hydrogen-bond acceptors (Lipinski definition) is 4. The van der Waals surface area contributed by atoms with E-state index in [0.29, 0.717) is 24.1 Å². The Morgan fingerprint density at radius 3 is 2.59 bits per heavy atom. The van der Waals surface area contributed by atoms with Gasteiger partial charge in [0, 0.05) is 31.9 Å². The average Bonchev–Trinajstić information content (AvgIpc) is 2.48. The predicted molar refractivity (Wildman–Crippen MR) is 79.0 cm³/mol. The van der Waals surface area contributed by atoms with E-state index in [1.165, 1.54) is 32.2 Å². The Hall–Kier alpha value is -2.24. The van der Waals surface area contributed by atoms with Gasteiger partial charge in [0.1, 0.15) is 5.82 Å². The smallest absolute Gasteiger partial charge is 0.305 e. The minimum Gasteiger partial charge on any atom is -0.469 e. The Labute approximate surface area is 128 Å². The van der Waals surface area contributed by atoms with Crippen molar-refractivity contribution in [2.45, 2.75) is 32.6 Å². The van der Waals surface area contributed by atoms with Crippen molar-refractivity contribution in [3.8, 4) is 0 Å². The fourth-order valence-corrected chi connectivity index (χ4v) is 2.03. The summed E-state index contributed by atoms with van der Waals surface area (Å²) in [6, 6.07) is 3.93. The summed E-state index contributed by atoms with van der Waals surface area (Å²) in [4.78, 5) is 34.1. The summed E-state index contributed by atoms with van der Waals surface area (Å²) in [7, 11) is 1.28. The third-order valence-electron chi connectivity index (χ3n) is 3.15. The van der Waals surface area contributed by atoms with Crippen LogP contribution in [-0.2, 0) is 20.7 Å². The molecular weight excluding hydrogens is 289 g/mol. The minimum atomic E-state index is -0.449. The van der Waals surface area contributed by atoms with Crippen molar-refractivity contribution in [2.75, 3.05) is 13.7 Å². The summed E-state index contributed by atoms with van der Waals surface area (Å²) in [5.41, 5.74) is 0.906. The molecule has 0 aromatic heterocycles. The van der Waals surface area contributed by atoms with Gasteiger partial charge in [0.25, 0.3) is 0 Å². The number of rotatable bonds is 8. The highest BCUT2D eigenvalue weighted by molar-refractivity contribution is 5.97. The molecule has 0 fully saturated rings. The lowest BCUT2D eigenvalue weighted by molar-refractivity contribution is -0.140. The molecule has 0 saturated heterocycles. The zero-order valence-electron chi connectivity index (χ0n) is 12.8. The van der Waals surface area contributed by atoms with Crippen LogP contribution in [0, 0.1) is 5.82 Å². The first-order valence-corrected chi connectivity index (χ1v) is 7.07. The molecule has 1 aromatic rings. The number of carbonyl (C=O) groups excluding carboxylic acids is 3. The van der Waals surface area contributed by atoms with Crippen LogP contribution in [0.2, 0.25) is 0 Å². The van der Waals surface area contributed by atoms with Gasteiger partial charge in [-0.3, -0.25) is 14.4 Å². The van der Waals surface area contributed by atoms with Gasteiger partial charge >= 0.3 is 5.97 Å². The number of amides is 1. The summed E-state index contributed by atoms with van der Waals surface area (Å²) in [5, 5.41) is 2.61. The molecule has 6 heteroatoms. The van der Waals surface area contributed by atoms with Crippen molar-refractivity contribution >= 4 is 17.7 Å². The van der Waals surface area contributed by atoms with Gasteiger partial charge in [0.05, 0.1) is 7.11 Å². The minimum absolute atomic E-state index is 0.0894. The van der Waals surface area contributed by atoms with Gasteiger partial charge in [-0.05, 0) is 36.6 Å².